The molecule has 0 fully saturated rings. The molecule has 0 radical (unpaired) electrons. The molecule has 2 aromatic rings. The minimum absolute atomic E-state index is 0.0832. The number of aliphatic hydroxyl groups is 1. The van der Waals surface area contributed by atoms with Gasteiger partial charge in [-0.05, 0) is 29.8 Å². The molecule has 0 saturated heterocycles. The van der Waals surface area contributed by atoms with Gasteiger partial charge in [-0.1, -0.05) is 6.07 Å². The number of nitrogens with zero attached hydrogens (tertiary/aromatic N) is 1. The van der Waals surface area contributed by atoms with Crippen LogP contribution in [-0.4, -0.2) is 10.1 Å². The maximum absolute atomic E-state index is 13.0. The monoisotopic (exact) mass is 239 g/mol. The van der Waals surface area contributed by atoms with Crippen LogP contribution in [0.15, 0.2) is 36.5 Å². The first-order valence-corrected chi connectivity index (χ1v) is 4.83. The molecule has 5 heteroatoms. The quantitative estimate of drug-likeness (QED) is 0.817. The van der Waals surface area contributed by atoms with Crippen LogP contribution in [0.4, 0.5) is 13.2 Å². The van der Waals surface area contributed by atoms with Gasteiger partial charge in [-0.2, -0.15) is 0 Å². The molecule has 1 N–H and O–H groups in total. The van der Waals surface area contributed by atoms with Crippen molar-refractivity contribution in [1.82, 2.24) is 4.98 Å². The van der Waals surface area contributed by atoms with Gasteiger partial charge in [-0.3, -0.25) is 4.98 Å². The van der Waals surface area contributed by atoms with Gasteiger partial charge in [0, 0.05) is 6.20 Å². The van der Waals surface area contributed by atoms with Crippen molar-refractivity contribution in [3.8, 4) is 0 Å². The molecule has 1 aromatic carbocycles. The number of benzene rings is 1. The van der Waals surface area contributed by atoms with Crippen LogP contribution < -0.4 is 0 Å². The average Bonchev–Trinajstić information content (AvgIpc) is 2.35. The molecule has 0 saturated carbocycles. The van der Waals surface area contributed by atoms with Crippen LogP contribution in [0, 0.1) is 17.5 Å². The Morgan fingerprint density at radius 2 is 1.71 bits per heavy atom. The Labute approximate surface area is 95.4 Å². The lowest BCUT2D eigenvalue weighted by atomic mass is 10.1. The third kappa shape index (κ3) is 2.29. The minimum Gasteiger partial charge on any atom is -0.382 e. The smallest absolute Gasteiger partial charge is 0.194 e. The second kappa shape index (κ2) is 4.55. The summed E-state index contributed by atoms with van der Waals surface area (Å²) < 4.78 is 38.7. The van der Waals surface area contributed by atoms with Crippen LogP contribution in [0.25, 0.3) is 0 Å². The summed E-state index contributed by atoms with van der Waals surface area (Å²) >= 11 is 0. The van der Waals surface area contributed by atoms with Crippen LogP contribution in [0.3, 0.4) is 0 Å². The van der Waals surface area contributed by atoms with E-state index in [0.29, 0.717) is 0 Å². The molecule has 1 aromatic heterocycles. The summed E-state index contributed by atoms with van der Waals surface area (Å²) in [5, 5.41) is 9.81. The summed E-state index contributed by atoms with van der Waals surface area (Å²) in [5.41, 5.74) is 0.151. The zero-order valence-corrected chi connectivity index (χ0v) is 8.57. The van der Waals surface area contributed by atoms with Crippen LogP contribution in [0.1, 0.15) is 17.4 Å². The van der Waals surface area contributed by atoms with Crippen molar-refractivity contribution >= 4 is 0 Å². The second-order valence-corrected chi connectivity index (χ2v) is 3.46. The minimum atomic E-state index is -1.55. The highest BCUT2D eigenvalue weighted by Gasteiger charge is 2.17. The Kier molecular flexibility index (Phi) is 3.10. The van der Waals surface area contributed by atoms with E-state index in [0.717, 1.165) is 12.1 Å². The van der Waals surface area contributed by atoms with E-state index in [4.69, 9.17) is 0 Å². The fourth-order valence-corrected chi connectivity index (χ4v) is 1.44. The molecule has 1 heterocycles. The molecule has 0 amide bonds. The number of pyridine rings is 1. The van der Waals surface area contributed by atoms with Crippen LogP contribution in [0.2, 0.25) is 0 Å². The predicted octanol–water partition coefficient (Wildman–Crippen LogP) is 2.58. The Morgan fingerprint density at radius 3 is 2.24 bits per heavy atom. The van der Waals surface area contributed by atoms with E-state index in [9.17, 15) is 18.3 Å². The lowest BCUT2D eigenvalue weighted by molar-refractivity contribution is 0.213. The van der Waals surface area contributed by atoms with Gasteiger partial charge in [0.15, 0.2) is 17.5 Å². The Bertz CT molecular complexity index is 508. The molecule has 2 nitrogen and oxygen atoms in total. The fourth-order valence-electron chi connectivity index (χ4n) is 1.44. The van der Waals surface area contributed by atoms with Crippen LogP contribution in [0.5, 0.6) is 0 Å². The van der Waals surface area contributed by atoms with Crippen molar-refractivity contribution in [3.05, 3.63) is 65.2 Å². The van der Waals surface area contributed by atoms with Crippen molar-refractivity contribution in [3.63, 3.8) is 0 Å². The maximum atomic E-state index is 13.0. The molecule has 0 aliphatic carbocycles. The molecular weight excluding hydrogens is 231 g/mol. The van der Waals surface area contributed by atoms with Gasteiger partial charge in [-0.15, -0.1) is 0 Å². The highest BCUT2D eigenvalue weighted by atomic mass is 19.2. The summed E-state index contributed by atoms with van der Waals surface area (Å²) in [7, 11) is 0. The predicted molar refractivity (Wildman–Crippen MR) is 54.6 cm³/mol. The van der Waals surface area contributed by atoms with Gasteiger partial charge in [0.05, 0.1) is 5.69 Å². The highest BCUT2D eigenvalue weighted by Crippen LogP contribution is 2.23. The second-order valence-electron chi connectivity index (χ2n) is 3.46. The van der Waals surface area contributed by atoms with E-state index in [1.165, 1.54) is 12.3 Å². The normalized spacial score (nSPS) is 12.5. The van der Waals surface area contributed by atoms with Crippen molar-refractivity contribution in [2.24, 2.45) is 0 Å². The number of rotatable bonds is 2. The fraction of sp³-hybridized carbons (Fsp3) is 0.0833. The third-order valence-corrected chi connectivity index (χ3v) is 2.29. The Morgan fingerprint density at radius 1 is 1.06 bits per heavy atom. The number of hydrogen-bond donors (Lipinski definition) is 1. The molecule has 1 unspecified atom stereocenters. The van der Waals surface area contributed by atoms with E-state index in [1.807, 2.05) is 0 Å². The summed E-state index contributed by atoms with van der Waals surface area (Å²) in [6.07, 6.45) is 0.148. The molecule has 0 aliphatic rings. The molecular formula is C12H8F3NO. The zero-order valence-electron chi connectivity index (χ0n) is 8.57. The Balaban J connectivity index is 2.41. The highest BCUT2D eigenvalue weighted by molar-refractivity contribution is 5.27. The van der Waals surface area contributed by atoms with E-state index in [2.05, 4.69) is 4.98 Å². The van der Waals surface area contributed by atoms with E-state index >= 15 is 0 Å². The average molecular weight is 239 g/mol. The van der Waals surface area contributed by atoms with Gasteiger partial charge in [0.2, 0.25) is 0 Å². The lowest BCUT2D eigenvalue weighted by Gasteiger charge is -2.10. The summed E-state index contributed by atoms with van der Waals surface area (Å²) in [5.74, 6) is -4.23. The van der Waals surface area contributed by atoms with Crippen molar-refractivity contribution in [1.29, 1.82) is 0 Å². The van der Waals surface area contributed by atoms with E-state index < -0.39 is 23.6 Å². The number of aliphatic hydroxyl groups excluding tert-OH is 1. The number of hydrogen-bond acceptors (Lipinski definition) is 2. The van der Waals surface area contributed by atoms with Crippen LogP contribution in [-0.2, 0) is 0 Å². The first kappa shape index (κ1) is 11.6. The summed E-state index contributed by atoms with van der Waals surface area (Å²) in [6.45, 7) is 0. The standard InChI is InChI=1S/C12H8F3NO/c13-8-5-7(6-9(14)11(8)15)12(17)10-3-1-2-4-16-10/h1-6,12,17H. The molecule has 1 atom stereocenters. The van der Waals surface area contributed by atoms with Crippen molar-refractivity contribution in [2.45, 2.75) is 6.10 Å². The van der Waals surface area contributed by atoms with Gasteiger partial charge in [0.1, 0.15) is 6.10 Å². The van der Waals surface area contributed by atoms with Gasteiger partial charge >= 0.3 is 0 Å². The lowest BCUT2D eigenvalue weighted by Crippen LogP contribution is -2.04. The SMILES string of the molecule is OC(c1cc(F)c(F)c(F)c1)c1ccccn1. The molecule has 2 rings (SSSR count). The maximum Gasteiger partial charge on any atom is 0.194 e. The first-order valence-electron chi connectivity index (χ1n) is 4.83. The third-order valence-electron chi connectivity index (χ3n) is 2.29. The van der Waals surface area contributed by atoms with Crippen molar-refractivity contribution in [2.75, 3.05) is 0 Å². The van der Waals surface area contributed by atoms with Gasteiger partial charge in [-0.25, -0.2) is 13.2 Å². The number of aromatic nitrogens is 1. The molecule has 0 aliphatic heterocycles. The Hall–Kier alpha value is -1.88. The van der Waals surface area contributed by atoms with Gasteiger partial charge in [0.25, 0.3) is 0 Å². The van der Waals surface area contributed by atoms with E-state index in [1.54, 1.807) is 12.1 Å². The van der Waals surface area contributed by atoms with Crippen molar-refractivity contribution < 1.29 is 18.3 Å². The first-order chi connectivity index (χ1) is 8.09. The largest absolute Gasteiger partial charge is 0.382 e. The van der Waals surface area contributed by atoms with E-state index in [-0.39, 0.29) is 11.3 Å². The molecule has 17 heavy (non-hydrogen) atoms. The van der Waals surface area contributed by atoms with Gasteiger partial charge < -0.3 is 5.11 Å². The zero-order chi connectivity index (χ0) is 12.4. The summed E-state index contributed by atoms with van der Waals surface area (Å²) in [6, 6.07) is 6.27. The summed E-state index contributed by atoms with van der Waals surface area (Å²) in [4.78, 5) is 3.85. The molecule has 0 bridgehead atoms. The molecule has 88 valence electrons. The molecule has 0 spiro atoms. The number of halogens is 3. The topological polar surface area (TPSA) is 33.1 Å². The van der Waals surface area contributed by atoms with Crippen LogP contribution >= 0.6 is 0 Å².